The van der Waals surface area contributed by atoms with Crippen molar-refractivity contribution in [3.05, 3.63) is 70.5 Å². The number of esters is 1. The summed E-state index contributed by atoms with van der Waals surface area (Å²) in [6, 6.07) is 10.5. The van der Waals surface area contributed by atoms with Gasteiger partial charge in [-0.05, 0) is 25.1 Å². The van der Waals surface area contributed by atoms with E-state index in [1.54, 1.807) is 5.38 Å². The number of thiazole rings is 1. The van der Waals surface area contributed by atoms with Crippen LogP contribution in [0.1, 0.15) is 21.6 Å². The lowest BCUT2D eigenvalue weighted by Crippen LogP contribution is -2.14. The van der Waals surface area contributed by atoms with Gasteiger partial charge in [-0.1, -0.05) is 29.8 Å². The van der Waals surface area contributed by atoms with Gasteiger partial charge in [0, 0.05) is 10.9 Å². The molecule has 0 radical (unpaired) electrons. The third kappa shape index (κ3) is 4.57. The molecule has 0 bridgehead atoms. The zero-order chi connectivity index (χ0) is 19.6. The number of sulfonamides is 1. The number of hydrogen-bond acceptors (Lipinski definition) is 6. The Balaban J connectivity index is 1.72. The molecule has 2 aromatic carbocycles. The molecule has 2 N–H and O–H groups in total. The standard InChI is InChI=1S/C18H15FN2O4S2/c1-11-2-4-12(5-3-11)17-21-13(10-26-17)9-25-18(22)15-8-14(27(20,23)24)6-7-16(15)19/h2-8,10H,9H2,1H3,(H2,20,23,24). The van der Waals surface area contributed by atoms with Crippen molar-refractivity contribution in [2.45, 2.75) is 18.4 Å². The maximum Gasteiger partial charge on any atom is 0.341 e. The highest BCUT2D eigenvalue weighted by Crippen LogP contribution is 2.24. The Bertz CT molecular complexity index is 1090. The predicted molar refractivity (Wildman–Crippen MR) is 99.2 cm³/mol. The highest BCUT2D eigenvalue weighted by Gasteiger charge is 2.18. The molecule has 3 rings (SSSR count). The number of aromatic nitrogens is 1. The van der Waals surface area contributed by atoms with Crippen LogP contribution in [0.2, 0.25) is 0 Å². The number of hydrogen-bond donors (Lipinski definition) is 1. The molecule has 1 heterocycles. The van der Waals surface area contributed by atoms with E-state index in [4.69, 9.17) is 9.88 Å². The summed E-state index contributed by atoms with van der Waals surface area (Å²) in [6.45, 7) is 1.82. The Morgan fingerprint density at radius 3 is 2.59 bits per heavy atom. The first-order chi connectivity index (χ1) is 12.7. The molecule has 0 unspecified atom stereocenters. The quantitative estimate of drug-likeness (QED) is 0.656. The molecule has 0 amide bonds. The van der Waals surface area contributed by atoms with Gasteiger partial charge in [0.2, 0.25) is 10.0 Å². The first-order valence-corrected chi connectivity index (χ1v) is 10.2. The average Bonchev–Trinajstić information content (AvgIpc) is 3.08. The molecular formula is C18H15FN2O4S2. The number of carbonyl (C=O) groups excluding carboxylic acids is 1. The van der Waals surface area contributed by atoms with Crippen LogP contribution in [0.15, 0.2) is 52.7 Å². The minimum atomic E-state index is -4.06. The van der Waals surface area contributed by atoms with Crippen LogP contribution < -0.4 is 5.14 Å². The molecule has 0 aliphatic heterocycles. The normalized spacial score (nSPS) is 11.4. The highest BCUT2D eigenvalue weighted by molar-refractivity contribution is 7.89. The van der Waals surface area contributed by atoms with E-state index in [1.165, 1.54) is 11.3 Å². The number of rotatable bonds is 5. The maximum atomic E-state index is 13.8. The maximum absolute atomic E-state index is 13.8. The number of ether oxygens (including phenoxy) is 1. The van der Waals surface area contributed by atoms with Crippen molar-refractivity contribution in [1.82, 2.24) is 4.98 Å². The fourth-order valence-corrected chi connectivity index (χ4v) is 3.61. The molecule has 0 saturated carbocycles. The Hall–Kier alpha value is -2.62. The number of nitrogens with zero attached hydrogens (tertiary/aromatic N) is 1. The number of carbonyl (C=O) groups is 1. The Labute approximate surface area is 159 Å². The van der Waals surface area contributed by atoms with Crippen molar-refractivity contribution < 1.29 is 22.3 Å². The van der Waals surface area contributed by atoms with Crippen LogP contribution >= 0.6 is 11.3 Å². The molecule has 0 aliphatic rings. The van der Waals surface area contributed by atoms with Crippen molar-refractivity contribution in [3.63, 3.8) is 0 Å². The highest BCUT2D eigenvalue weighted by atomic mass is 32.2. The second-order valence-electron chi connectivity index (χ2n) is 5.77. The predicted octanol–water partition coefficient (Wildman–Crippen LogP) is 3.26. The summed E-state index contributed by atoms with van der Waals surface area (Å²) in [5.74, 6) is -1.89. The Kier molecular flexibility index (Phi) is 5.36. The molecule has 27 heavy (non-hydrogen) atoms. The number of halogens is 1. The molecule has 0 aliphatic carbocycles. The van der Waals surface area contributed by atoms with Crippen LogP contribution in [0.4, 0.5) is 4.39 Å². The summed E-state index contributed by atoms with van der Waals surface area (Å²) < 4.78 is 41.6. The van der Waals surface area contributed by atoms with Crippen LogP contribution in [0.3, 0.4) is 0 Å². The van der Waals surface area contributed by atoms with Gasteiger partial charge in [-0.3, -0.25) is 0 Å². The minimum absolute atomic E-state index is 0.166. The van der Waals surface area contributed by atoms with E-state index in [-0.39, 0.29) is 11.5 Å². The zero-order valence-electron chi connectivity index (χ0n) is 14.2. The third-order valence-corrected chi connectivity index (χ3v) is 5.54. The van der Waals surface area contributed by atoms with Gasteiger partial charge in [0.1, 0.15) is 17.4 Å². The topological polar surface area (TPSA) is 99.3 Å². The van der Waals surface area contributed by atoms with E-state index < -0.39 is 27.4 Å². The molecule has 3 aromatic rings. The van der Waals surface area contributed by atoms with Gasteiger partial charge in [0.25, 0.3) is 0 Å². The molecular weight excluding hydrogens is 391 g/mol. The monoisotopic (exact) mass is 406 g/mol. The SMILES string of the molecule is Cc1ccc(-c2nc(COC(=O)c3cc(S(N)(=O)=O)ccc3F)cs2)cc1. The van der Waals surface area contributed by atoms with E-state index >= 15 is 0 Å². The van der Waals surface area contributed by atoms with E-state index in [0.29, 0.717) is 5.69 Å². The third-order valence-electron chi connectivity index (χ3n) is 3.69. The van der Waals surface area contributed by atoms with Gasteiger partial charge in [-0.15, -0.1) is 11.3 Å². The number of nitrogens with two attached hydrogens (primary N) is 1. The summed E-state index contributed by atoms with van der Waals surface area (Å²) in [6.07, 6.45) is 0. The average molecular weight is 406 g/mol. The van der Waals surface area contributed by atoms with Crippen LogP contribution in [0, 0.1) is 12.7 Å². The first kappa shape index (κ1) is 19.2. The van der Waals surface area contributed by atoms with Gasteiger partial charge in [0.15, 0.2) is 0 Å². The van der Waals surface area contributed by atoms with Gasteiger partial charge in [0.05, 0.1) is 16.2 Å². The fraction of sp³-hybridized carbons (Fsp3) is 0.111. The van der Waals surface area contributed by atoms with Gasteiger partial charge >= 0.3 is 5.97 Å². The van der Waals surface area contributed by atoms with Crippen LogP contribution in [-0.4, -0.2) is 19.4 Å². The van der Waals surface area contributed by atoms with Gasteiger partial charge in [-0.25, -0.2) is 27.7 Å². The minimum Gasteiger partial charge on any atom is -0.455 e. The lowest BCUT2D eigenvalue weighted by Gasteiger charge is -2.06. The Morgan fingerprint density at radius 2 is 1.93 bits per heavy atom. The van der Waals surface area contributed by atoms with E-state index in [1.807, 2.05) is 31.2 Å². The summed E-state index contributed by atoms with van der Waals surface area (Å²) in [5.41, 5.74) is 2.07. The first-order valence-electron chi connectivity index (χ1n) is 7.75. The number of aryl methyl sites for hydroxylation is 1. The number of benzene rings is 2. The van der Waals surface area contributed by atoms with Crippen LogP contribution in [0.25, 0.3) is 10.6 Å². The largest absolute Gasteiger partial charge is 0.455 e. The van der Waals surface area contributed by atoms with Crippen LogP contribution in [-0.2, 0) is 21.4 Å². The van der Waals surface area contributed by atoms with Crippen molar-refractivity contribution in [1.29, 1.82) is 0 Å². The fourth-order valence-electron chi connectivity index (χ4n) is 2.26. The van der Waals surface area contributed by atoms with Crippen molar-refractivity contribution in [3.8, 4) is 10.6 Å². The van der Waals surface area contributed by atoms with E-state index in [9.17, 15) is 17.6 Å². The summed E-state index contributed by atoms with van der Waals surface area (Å²) in [4.78, 5) is 16.1. The van der Waals surface area contributed by atoms with Crippen molar-refractivity contribution >= 4 is 27.3 Å². The second-order valence-corrected chi connectivity index (χ2v) is 8.19. The zero-order valence-corrected chi connectivity index (χ0v) is 15.8. The van der Waals surface area contributed by atoms with Crippen molar-refractivity contribution in [2.24, 2.45) is 5.14 Å². The molecule has 0 fully saturated rings. The van der Waals surface area contributed by atoms with Gasteiger partial charge in [-0.2, -0.15) is 0 Å². The molecule has 0 spiro atoms. The molecule has 0 atom stereocenters. The summed E-state index contributed by atoms with van der Waals surface area (Å²) in [5, 5.41) is 7.50. The van der Waals surface area contributed by atoms with Crippen molar-refractivity contribution in [2.75, 3.05) is 0 Å². The Morgan fingerprint density at radius 1 is 1.22 bits per heavy atom. The molecule has 0 saturated heterocycles. The summed E-state index contributed by atoms with van der Waals surface area (Å²) in [7, 11) is -4.06. The lowest BCUT2D eigenvalue weighted by atomic mass is 10.2. The van der Waals surface area contributed by atoms with E-state index in [0.717, 1.165) is 34.3 Å². The molecule has 140 valence electrons. The lowest BCUT2D eigenvalue weighted by molar-refractivity contribution is 0.0463. The smallest absolute Gasteiger partial charge is 0.341 e. The van der Waals surface area contributed by atoms with Crippen LogP contribution in [0.5, 0.6) is 0 Å². The molecule has 9 heteroatoms. The molecule has 6 nitrogen and oxygen atoms in total. The number of primary sulfonamides is 1. The van der Waals surface area contributed by atoms with E-state index in [2.05, 4.69) is 4.98 Å². The second kappa shape index (κ2) is 7.55. The summed E-state index contributed by atoms with van der Waals surface area (Å²) >= 11 is 1.39. The van der Waals surface area contributed by atoms with Gasteiger partial charge < -0.3 is 4.74 Å². The molecule has 1 aromatic heterocycles.